The number of nitrogens with one attached hydrogen (secondary N) is 1. The summed E-state index contributed by atoms with van der Waals surface area (Å²) < 4.78 is 0. The highest BCUT2D eigenvalue weighted by atomic mass is 15.2. The van der Waals surface area contributed by atoms with E-state index in [1.165, 1.54) is 57.2 Å². The predicted molar refractivity (Wildman–Crippen MR) is 89.4 cm³/mol. The fourth-order valence-corrected chi connectivity index (χ4v) is 3.54. The molecule has 0 aromatic heterocycles. The Hall–Kier alpha value is -1.12. The number of hydrogen-bond donors (Lipinski definition) is 1. The zero-order chi connectivity index (χ0) is 14.3. The highest BCUT2D eigenvalue weighted by Crippen LogP contribution is 2.22. The minimum Gasteiger partial charge on any atom is -0.309 e. The Labute approximate surface area is 129 Å². The van der Waals surface area contributed by atoms with Crippen LogP contribution < -0.4 is 5.32 Å². The molecule has 3 rings (SSSR count). The molecule has 0 spiro atoms. The summed E-state index contributed by atoms with van der Waals surface area (Å²) in [7, 11) is 0. The third-order valence-corrected chi connectivity index (χ3v) is 4.82. The second kappa shape index (κ2) is 7.77. The van der Waals surface area contributed by atoms with E-state index in [-0.39, 0.29) is 0 Å². The SMILES string of the molecule is C1=C(CCN2CCCNC(c3ccccc3)C2)CCCC1. The summed E-state index contributed by atoms with van der Waals surface area (Å²) in [5, 5.41) is 3.71. The van der Waals surface area contributed by atoms with Crippen LogP contribution in [0.2, 0.25) is 0 Å². The molecule has 1 N–H and O–H groups in total. The van der Waals surface area contributed by atoms with Crippen molar-refractivity contribution in [1.29, 1.82) is 0 Å². The molecule has 1 aliphatic heterocycles. The Morgan fingerprint density at radius 2 is 2.00 bits per heavy atom. The van der Waals surface area contributed by atoms with E-state index < -0.39 is 0 Å². The van der Waals surface area contributed by atoms with Crippen LogP contribution in [-0.2, 0) is 0 Å². The molecule has 1 saturated heterocycles. The molecule has 2 nitrogen and oxygen atoms in total. The average molecular weight is 284 g/mol. The van der Waals surface area contributed by atoms with Crippen molar-refractivity contribution in [3.63, 3.8) is 0 Å². The molecule has 1 aromatic rings. The van der Waals surface area contributed by atoms with Crippen LogP contribution in [0.15, 0.2) is 42.0 Å². The Bertz CT molecular complexity index is 452. The van der Waals surface area contributed by atoms with Crippen molar-refractivity contribution in [1.82, 2.24) is 10.2 Å². The number of nitrogens with zero attached hydrogens (tertiary/aromatic N) is 1. The van der Waals surface area contributed by atoms with Gasteiger partial charge in [-0.1, -0.05) is 42.0 Å². The largest absolute Gasteiger partial charge is 0.309 e. The van der Waals surface area contributed by atoms with Gasteiger partial charge in [-0.2, -0.15) is 0 Å². The highest BCUT2D eigenvalue weighted by molar-refractivity contribution is 5.19. The minimum atomic E-state index is 0.494. The Balaban J connectivity index is 1.56. The molecule has 2 aliphatic rings. The Morgan fingerprint density at radius 3 is 2.81 bits per heavy atom. The van der Waals surface area contributed by atoms with Crippen molar-refractivity contribution < 1.29 is 0 Å². The maximum Gasteiger partial charge on any atom is 0.0449 e. The lowest BCUT2D eigenvalue weighted by molar-refractivity contribution is 0.270. The van der Waals surface area contributed by atoms with Crippen LogP contribution in [0.1, 0.15) is 50.1 Å². The van der Waals surface area contributed by atoms with Gasteiger partial charge >= 0.3 is 0 Å². The van der Waals surface area contributed by atoms with Crippen LogP contribution in [0.4, 0.5) is 0 Å². The fourth-order valence-electron chi connectivity index (χ4n) is 3.54. The summed E-state index contributed by atoms with van der Waals surface area (Å²) in [6, 6.07) is 11.4. The lowest BCUT2D eigenvalue weighted by Gasteiger charge is -2.25. The molecular formula is C19H28N2. The van der Waals surface area contributed by atoms with Gasteiger partial charge in [0, 0.05) is 19.1 Å². The zero-order valence-electron chi connectivity index (χ0n) is 13.1. The molecule has 1 fully saturated rings. The highest BCUT2D eigenvalue weighted by Gasteiger charge is 2.19. The van der Waals surface area contributed by atoms with Crippen molar-refractivity contribution in [2.24, 2.45) is 0 Å². The second-order valence-corrected chi connectivity index (χ2v) is 6.43. The van der Waals surface area contributed by atoms with Crippen molar-refractivity contribution in [3.05, 3.63) is 47.5 Å². The van der Waals surface area contributed by atoms with Crippen LogP contribution in [0.5, 0.6) is 0 Å². The van der Waals surface area contributed by atoms with Crippen molar-refractivity contribution in [2.45, 2.75) is 44.6 Å². The Kier molecular flexibility index (Phi) is 5.47. The monoisotopic (exact) mass is 284 g/mol. The quantitative estimate of drug-likeness (QED) is 0.843. The third kappa shape index (κ3) is 4.42. The molecule has 1 aromatic carbocycles. The van der Waals surface area contributed by atoms with E-state index in [4.69, 9.17) is 0 Å². The average Bonchev–Trinajstić information content (AvgIpc) is 2.80. The van der Waals surface area contributed by atoms with E-state index in [0.29, 0.717) is 6.04 Å². The number of benzene rings is 1. The summed E-state index contributed by atoms with van der Waals surface area (Å²) >= 11 is 0. The first-order chi connectivity index (χ1) is 10.4. The van der Waals surface area contributed by atoms with E-state index in [1.54, 1.807) is 5.57 Å². The molecule has 1 unspecified atom stereocenters. The van der Waals surface area contributed by atoms with E-state index in [1.807, 2.05) is 0 Å². The first-order valence-corrected chi connectivity index (χ1v) is 8.60. The van der Waals surface area contributed by atoms with Gasteiger partial charge in [-0.05, 0) is 57.2 Å². The van der Waals surface area contributed by atoms with Gasteiger partial charge in [0.2, 0.25) is 0 Å². The number of hydrogen-bond acceptors (Lipinski definition) is 2. The summed E-state index contributed by atoms with van der Waals surface area (Å²) in [5.74, 6) is 0. The van der Waals surface area contributed by atoms with E-state index >= 15 is 0 Å². The van der Waals surface area contributed by atoms with Crippen molar-refractivity contribution >= 4 is 0 Å². The molecule has 1 aliphatic carbocycles. The maximum absolute atomic E-state index is 3.71. The summed E-state index contributed by atoms with van der Waals surface area (Å²) in [6.45, 7) is 4.76. The fraction of sp³-hybridized carbons (Fsp3) is 0.579. The summed E-state index contributed by atoms with van der Waals surface area (Å²) in [5.41, 5.74) is 3.14. The standard InChI is InChI=1S/C19H28N2/c1-3-8-17(9-4-1)12-15-21-14-7-13-20-19(16-21)18-10-5-2-6-11-18/h2,5-6,8,10-11,19-20H,1,3-4,7,9,12-16H2. The van der Waals surface area contributed by atoms with Gasteiger partial charge in [-0.15, -0.1) is 0 Å². The topological polar surface area (TPSA) is 15.3 Å². The van der Waals surface area contributed by atoms with Gasteiger partial charge in [0.1, 0.15) is 0 Å². The van der Waals surface area contributed by atoms with Crippen LogP contribution in [0.3, 0.4) is 0 Å². The van der Waals surface area contributed by atoms with Gasteiger partial charge in [0.25, 0.3) is 0 Å². The molecule has 114 valence electrons. The molecule has 1 heterocycles. The van der Waals surface area contributed by atoms with Crippen LogP contribution in [0.25, 0.3) is 0 Å². The molecule has 0 saturated carbocycles. The van der Waals surface area contributed by atoms with Crippen LogP contribution in [-0.4, -0.2) is 31.1 Å². The lowest BCUT2D eigenvalue weighted by atomic mass is 9.97. The normalized spacial score (nSPS) is 24.4. The molecular weight excluding hydrogens is 256 g/mol. The first-order valence-electron chi connectivity index (χ1n) is 8.60. The Morgan fingerprint density at radius 1 is 1.10 bits per heavy atom. The first kappa shape index (κ1) is 14.8. The molecule has 0 radical (unpaired) electrons. The zero-order valence-corrected chi connectivity index (χ0v) is 13.1. The molecule has 1 atom stereocenters. The van der Waals surface area contributed by atoms with Crippen molar-refractivity contribution in [2.75, 3.05) is 26.2 Å². The summed E-state index contributed by atoms with van der Waals surface area (Å²) in [4.78, 5) is 2.66. The van der Waals surface area contributed by atoms with E-state index in [9.17, 15) is 0 Å². The smallest absolute Gasteiger partial charge is 0.0449 e. The van der Waals surface area contributed by atoms with Crippen LogP contribution >= 0.6 is 0 Å². The van der Waals surface area contributed by atoms with Gasteiger partial charge < -0.3 is 10.2 Å². The minimum absolute atomic E-state index is 0.494. The molecule has 0 amide bonds. The van der Waals surface area contributed by atoms with Gasteiger partial charge in [0.05, 0.1) is 0 Å². The van der Waals surface area contributed by atoms with Gasteiger partial charge in [0.15, 0.2) is 0 Å². The van der Waals surface area contributed by atoms with Gasteiger partial charge in [-0.25, -0.2) is 0 Å². The number of allylic oxidation sites excluding steroid dienone is 1. The molecule has 0 bridgehead atoms. The molecule has 2 heteroatoms. The third-order valence-electron chi connectivity index (χ3n) is 4.82. The van der Waals surface area contributed by atoms with E-state index in [0.717, 1.165) is 13.1 Å². The lowest BCUT2D eigenvalue weighted by Crippen LogP contribution is -2.32. The molecule has 21 heavy (non-hydrogen) atoms. The number of rotatable bonds is 4. The van der Waals surface area contributed by atoms with Crippen molar-refractivity contribution in [3.8, 4) is 0 Å². The van der Waals surface area contributed by atoms with E-state index in [2.05, 4.69) is 46.6 Å². The van der Waals surface area contributed by atoms with Gasteiger partial charge in [-0.3, -0.25) is 0 Å². The van der Waals surface area contributed by atoms with Crippen LogP contribution in [0, 0.1) is 0 Å². The summed E-state index contributed by atoms with van der Waals surface area (Å²) in [6.07, 6.45) is 10.5. The second-order valence-electron chi connectivity index (χ2n) is 6.43. The predicted octanol–water partition coefficient (Wildman–Crippen LogP) is 3.91. The maximum atomic E-state index is 3.71.